The summed E-state index contributed by atoms with van der Waals surface area (Å²) in [5, 5.41) is 3.23. The molecule has 0 amide bonds. The molecule has 2 nitrogen and oxygen atoms in total. The van der Waals surface area contributed by atoms with Crippen molar-refractivity contribution in [3.05, 3.63) is 29.8 Å². The van der Waals surface area contributed by atoms with Crippen LogP contribution in [0.25, 0.3) is 0 Å². The van der Waals surface area contributed by atoms with E-state index >= 15 is 0 Å². The van der Waals surface area contributed by atoms with Crippen LogP contribution < -0.4 is 10.1 Å². The van der Waals surface area contributed by atoms with Crippen LogP contribution >= 0.6 is 0 Å². The number of hydrogen-bond donors (Lipinski definition) is 1. The number of rotatable bonds is 7. The van der Waals surface area contributed by atoms with Crippen molar-refractivity contribution in [1.82, 2.24) is 5.32 Å². The van der Waals surface area contributed by atoms with Gasteiger partial charge in [0.1, 0.15) is 0 Å². The fourth-order valence-corrected chi connectivity index (χ4v) is 1.46. The van der Waals surface area contributed by atoms with Gasteiger partial charge in [-0.3, -0.25) is 0 Å². The van der Waals surface area contributed by atoms with Crippen LogP contribution in [0.2, 0.25) is 0 Å². The molecule has 1 aromatic carbocycles. The van der Waals surface area contributed by atoms with Crippen LogP contribution in [0.5, 0.6) is 5.75 Å². The normalized spacial score (nSPS) is 12.5. The van der Waals surface area contributed by atoms with Gasteiger partial charge in [0.2, 0.25) is 5.82 Å². The van der Waals surface area contributed by atoms with Gasteiger partial charge in [-0.15, -0.1) is 0 Å². The monoisotopic (exact) mass is 243 g/mol. The molecular formula is C13H19F2NO. The summed E-state index contributed by atoms with van der Waals surface area (Å²) >= 11 is 0. The summed E-state index contributed by atoms with van der Waals surface area (Å²) in [6.45, 7) is 5.71. The van der Waals surface area contributed by atoms with Crippen LogP contribution in [-0.4, -0.2) is 19.2 Å². The predicted molar refractivity (Wildman–Crippen MR) is 64.2 cm³/mol. The Morgan fingerprint density at radius 3 is 2.76 bits per heavy atom. The molecule has 4 heteroatoms. The lowest BCUT2D eigenvalue weighted by molar-refractivity contribution is 0.198. The molecule has 1 unspecified atom stereocenters. The molecule has 17 heavy (non-hydrogen) atoms. The molecule has 0 heterocycles. The van der Waals surface area contributed by atoms with E-state index in [-0.39, 0.29) is 11.9 Å². The predicted octanol–water partition coefficient (Wildman–Crippen LogP) is 3.12. The molecule has 96 valence electrons. The molecule has 1 atom stereocenters. The molecule has 1 N–H and O–H groups in total. The van der Waals surface area contributed by atoms with Gasteiger partial charge in [0.25, 0.3) is 0 Å². The van der Waals surface area contributed by atoms with E-state index in [1.165, 1.54) is 12.1 Å². The van der Waals surface area contributed by atoms with Crippen LogP contribution in [0.3, 0.4) is 0 Å². The van der Waals surface area contributed by atoms with Gasteiger partial charge in [0.05, 0.1) is 6.10 Å². The number of hydrogen-bond acceptors (Lipinski definition) is 2. The molecule has 0 saturated heterocycles. The highest BCUT2D eigenvalue weighted by Gasteiger charge is 2.11. The van der Waals surface area contributed by atoms with E-state index in [2.05, 4.69) is 12.2 Å². The lowest BCUT2D eigenvalue weighted by atomic mass is 10.2. The second kappa shape index (κ2) is 7.22. The molecular weight excluding hydrogens is 224 g/mol. The average Bonchev–Trinajstić information content (AvgIpc) is 2.31. The number of ether oxygens (including phenoxy) is 1. The van der Waals surface area contributed by atoms with E-state index in [0.29, 0.717) is 0 Å². The maximum absolute atomic E-state index is 13.3. The van der Waals surface area contributed by atoms with Crippen LogP contribution in [-0.2, 0) is 0 Å². The highest BCUT2D eigenvalue weighted by molar-refractivity contribution is 5.25. The first-order valence-electron chi connectivity index (χ1n) is 5.96. The molecule has 0 radical (unpaired) electrons. The number of benzene rings is 1. The van der Waals surface area contributed by atoms with Crippen LogP contribution in [0, 0.1) is 11.6 Å². The van der Waals surface area contributed by atoms with Gasteiger partial charge < -0.3 is 10.1 Å². The molecule has 0 aliphatic rings. The highest BCUT2D eigenvalue weighted by Crippen LogP contribution is 2.20. The van der Waals surface area contributed by atoms with Crippen molar-refractivity contribution in [1.29, 1.82) is 0 Å². The Bertz CT molecular complexity index is 344. The second-order valence-corrected chi connectivity index (χ2v) is 4.02. The average molecular weight is 243 g/mol. The lowest BCUT2D eigenvalue weighted by Gasteiger charge is -2.15. The third-order valence-corrected chi connectivity index (χ3v) is 2.40. The van der Waals surface area contributed by atoms with Crippen molar-refractivity contribution < 1.29 is 13.5 Å². The SMILES string of the molecule is CCCNCCC(C)Oc1cccc(F)c1F. The Balaban J connectivity index is 2.39. The van der Waals surface area contributed by atoms with Crippen molar-refractivity contribution in [3.8, 4) is 5.75 Å². The molecule has 0 spiro atoms. The Labute approximate surface area is 101 Å². The number of nitrogens with one attached hydrogen (secondary N) is 1. The zero-order valence-corrected chi connectivity index (χ0v) is 10.3. The van der Waals surface area contributed by atoms with Gasteiger partial charge in [-0.2, -0.15) is 4.39 Å². The molecule has 0 aliphatic carbocycles. The largest absolute Gasteiger partial charge is 0.487 e. The number of halogens is 2. The minimum Gasteiger partial charge on any atom is -0.487 e. The smallest absolute Gasteiger partial charge is 0.200 e. The Morgan fingerprint density at radius 1 is 1.29 bits per heavy atom. The van der Waals surface area contributed by atoms with Gasteiger partial charge in [-0.05, 0) is 45.0 Å². The summed E-state index contributed by atoms with van der Waals surface area (Å²) in [6, 6.07) is 3.96. The minimum atomic E-state index is -0.916. The van der Waals surface area contributed by atoms with Crippen molar-refractivity contribution >= 4 is 0 Å². The summed E-state index contributed by atoms with van der Waals surface area (Å²) in [7, 11) is 0. The van der Waals surface area contributed by atoms with Gasteiger partial charge in [0.15, 0.2) is 11.6 Å². The molecule has 0 bridgehead atoms. The summed E-state index contributed by atoms with van der Waals surface area (Å²) in [5.41, 5.74) is 0. The van der Waals surface area contributed by atoms with E-state index in [9.17, 15) is 8.78 Å². The van der Waals surface area contributed by atoms with Crippen molar-refractivity contribution in [2.24, 2.45) is 0 Å². The van der Waals surface area contributed by atoms with Crippen molar-refractivity contribution in [3.63, 3.8) is 0 Å². The van der Waals surface area contributed by atoms with Crippen molar-refractivity contribution in [2.45, 2.75) is 32.8 Å². The molecule has 1 rings (SSSR count). The van der Waals surface area contributed by atoms with E-state index in [1.54, 1.807) is 0 Å². The lowest BCUT2D eigenvalue weighted by Crippen LogP contribution is -2.23. The first kappa shape index (κ1) is 13.9. The van der Waals surface area contributed by atoms with Crippen LogP contribution in [0.4, 0.5) is 8.78 Å². The zero-order chi connectivity index (χ0) is 12.7. The van der Waals surface area contributed by atoms with E-state index in [0.717, 1.165) is 32.0 Å². The quantitative estimate of drug-likeness (QED) is 0.743. The minimum absolute atomic E-state index is 0.0204. The summed E-state index contributed by atoms with van der Waals surface area (Å²) in [5.74, 6) is -1.81. The molecule has 0 aliphatic heterocycles. The van der Waals surface area contributed by atoms with Gasteiger partial charge in [-0.25, -0.2) is 4.39 Å². The highest BCUT2D eigenvalue weighted by atomic mass is 19.2. The fraction of sp³-hybridized carbons (Fsp3) is 0.538. The van der Waals surface area contributed by atoms with E-state index < -0.39 is 11.6 Å². The maximum atomic E-state index is 13.3. The fourth-order valence-electron chi connectivity index (χ4n) is 1.46. The van der Waals surface area contributed by atoms with E-state index in [1.807, 2.05) is 6.92 Å². The topological polar surface area (TPSA) is 21.3 Å². The zero-order valence-electron chi connectivity index (χ0n) is 10.3. The van der Waals surface area contributed by atoms with Crippen molar-refractivity contribution in [2.75, 3.05) is 13.1 Å². The standard InChI is InChI=1S/C13H19F2NO/c1-3-8-16-9-7-10(2)17-12-6-4-5-11(14)13(12)15/h4-6,10,16H,3,7-9H2,1-2H3. The van der Waals surface area contributed by atoms with Gasteiger partial charge in [-0.1, -0.05) is 13.0 Å². The van der Waals surface area contributed by atoms with Crippen LogP contribution in [0.15, 0.2) is 18.2 Å². The first-order chi connectivity index (χ1) is 8.15. The summed E-state index contributed by atoms with van der Waals surface area (Å²) in [6.07, 6.45) is 1.69. The first-order valence-corrected chi connectivity index (χ1v) is 5.96. The van der Waals surface area contributed by atoms with Gasteiger partial charge >= 0.3 is 0 Å². The summed E-state index contributed by atoms with van der Waals surface area (Å²) < 4.78 is 31.6. The third kappa shape index (κ3) is 4.69. The summed E-state index contributed by atoms with van der Waals surface area (Å²) in [4.78, 5) is 0. The Kier molecular flexibility index (Phi) is 5.91. The van der Waals surface area contributed by atoms with Crippen LogP contribution in [0.1, 0.15) is 26.7 Å². The second-order valence-electron chi connectivity index (χ2n) is 4.02. The molecule has 0 aromatic heterocycles. The third-order valence-electron chi connectivity index (χ3n) is 2.40. The molecule has 0 fully saturated rings. The Hall–Kier alpha value is -1.16. The molecule has 0 saturated carbocycles. The van der Waals surface area contributed by atoms with E-state index in [4.69, 9.17) is 4.74 Å². The van der Waals surface area contributed by atoms with Gasteiger partial charge in [0, 0.05) is 0 Å². The Morgan fingerprint density at radius 2 is 2.06 bits per heavy atom. The molecule has 1 aromatic rings. The maximum Gasteiger partial charge on any atom is 0.200 e.